The van der Waals surface area contributed by atoms with Crippen LogP contribution in [0.4, 0.5) is 0 Å². The maximum Gasteiger partial charge on any atom is 0.243 e. The summed E-state index contributed by atoms with van der Waals surface area (Å²) in [6.45, 7) is 7.26. The van der Waals surface area contributed by atoms with Gasteiger partial charge in [0, 0.05) is 19.6 Å². The molecule has 0 unspecified atom stereocenters. The van der Waals surface area contributed by atoms with Gasteiger partial charge in [-0.1, -0.05) is 6.07 Å². The van der Waals surface area contributed by atoms with Crippen LogP contribution in [0.3, 0.4) is 0 Å². The molecule has 1 aliphatic rings. The van der Waals surface area contributed by atoms with Crippen LogP contribution in [0.5, 0.6) is 0 Å². The molecule has 0 radical (unpaired) electrons. The van der Waals surface area contributed by atoms with Crippen LogP contribution in [0.1, 0.15) is 25.0 Å². The Bertz CT molecular complexity index is 591. The van der Waals surface area contributed by atoms with Gasteiger partial charge < -0.3 is 10.1 Å². The predicted octanol–water partition coefficient (Wildman–Crippen LogP) is 1.51. The molecule has 1 aliphatic heterocycles. The molecule has 1 saturated heterocycles. The number of rotatable bonds is 4. The van der Waals surface area contributed by atoms with Crippen LogP contribution in [0.25, 0.3) is 0 Å². The molecule has 6 heteroatoms. The second-order valence-electron chi connectivity index (χ2n) is 5.70. The van der Waals surface area contributed by atoms with Crippen molar-refractivity contribution in [2.45, 2.75) is 44.4 Å². The zero-order valence-electron chi connectivity index (χ0n) is 13.1. The molecule has 2 rings (SSSR count). The largest absolute Gasteiger partial charge is 0.373 e. The molecule has 0 aliphatic carbocycles. The van der Waals surface area contributed by atoms with E-state index in [0.717, 1.165) is 11.1 Å². The van der Waals surface area contributed by atoms with Gasteiger partial charge in [0.1, 0.15) is 0 Å². The summed E-state index contributed by atoms with van der Waals surface area (Å²) in [7, 11) is -1.61. The van der Waals surface area contributed by atoms with E-state index in [-0.39, 0.29) is 12.2 Å². The summed E-state index contributed by atoms with van der Waals surface area (Å²) in [6, 6.07) is 5.33. The number of aryl methyl sites for hydroxylation is 1. The van der Waals surface area contributed by atoms with E-state index in [9.17, 15) is 8.42 Å². The van der Waals surface area contributed by atoms with Gasteiger partial charge in [0.2, 0.25) is 10.0 Å². The molecule has 21 heavy (non-hydrogen) atoms. The number of benzene rings is 1. The molecule has 0 spiro atoms. The second-order valence-corrected chi connectivity index (χ2v) is 7.64. The molecule has 0 aromatic heterocycles. The smallest absolute Gasteiger partial charge is 0.243 e. The maximum atomic E-state index is 12.8. The van der Waals surface area contributed by atoms with Gasteiger partial charge in [-0.3, -0.25) is 0 Å². The van der Waals surface area contributed by atoms with E-state index in [2.05, 4.69) is 5.32 Å². The molecular weight excluding hydrogens is 288 g/mol. The Labute approximate surface area is 127 Å². The highest BCUT2D eigenvalue weighted by molar-refractivity contribution is 7.89. The standard InChI is InChI=1S/C15H24N2O3S/c1-11-5-6-15(7-14(11)8-16-4)21(18,19)17-9-12(2)20-13(3)10-17/h5-7,12-13,16H,8-10H2,1-4H3/t12-,13+. The highest BCUT2D eigenvalue weighted by Gasteiger charge is 2.32. The van der Waals surface area contributed by atoms with E-state index >= 15 is 0 Å². The third-order valence-electron chi connectivity index (χ3n) is 3.71. The highest BCUT2D eigenvalue weighted by Crippen LogP contribution is 2.23. The Kier molecular flexibility index (Phi) is 5.03. The minimum Gasteiger partial charge on any atom is -0.373 e. The molecule has 1 N–H and O–H groups in total. The van der Waals surface area contributed by atoms with Crippen molar-refractivity contribution in [2.75, 3.05) is 20.1 Å². The Balaban J connectivity index is 2.33. The Morgan fingerprint density at radius 3 is 2.48 bits per heavy atom. The van der Waals surface area contributed by atoms with Crippen molar-refractivity contribution in [2.24, 2.45) is 0 Å². The summed E-state index contributed by atoms with van der Waals surface area (Å²) < 4.78 is 32.7. The van der Waals surface area contributed by atoms with Crippen molar-refractivity contribution in [1.82, 2.24) is 9.62 Å². The number of hydrogen-bond donors (Lipinski definition) is 1. The Morgan fingerprint density at radius 1 is 1.29 bits per heavy atom. The first kappa shape index (κ1) is 16.4. The molecule has 1 fully saturated rings. The molecule has 118 valence electrons. The quantitative estimate of drug-likeness (QED) is 0.915. The normalized spacial score (nSPS) is 24.2. The van der Waals surface area contributed by atoms with Crippen molar-refractivity contribution >= 4 is 10.0 Å². The number of sulfonamides is 1. The van der Waals surface area contributed by atoms with Crippen molar-refractivity contribution in [3.8, 4) is 0 Å². The van der Waals surface area contributed by atoms with Crippen molar-refractivity contribution in [1.29, 1.82) is 0 Å². The molecule has 1 aromatic rings. The van der Waals surface area contributed by atoms with Gasteiger partial charge in [-0.25, -0.2) is 8.42 Å². The number of ether oxygens (including phenoxy) is 1. The fourth-order valence-corrected chi connectivity index (χ4v) is 4.31. The first-order valence-electron chi connectivity index (χ1n) is 7.24. The van der Waals surface area contributed by atoms with Crippen LogP contribution in [0.2, 0.25) is 0 Å². The number of morpholine rings is 1. The summed E-state index contributed by atoms with van der Waals surface area (Å²) in [5.41, 5.74) is 2.10. The summed E-state index contributed by atoms with van der Waals surface area (Å²) in [4.78, 5) is 0.361. The number of hydrogen-bond acceptors (Lipinski definition) is 4. The fraction of sp³-hybridized carbons (Fsp3) is 0.600. The first-order chi connectivity index (χ1) is 9.84. The number of nitrogens with one attached hydrogen (secondary N) is 1. The van der Waals surface area contributed by atoms with Crippen LogP contribution in [0, 0.1) is 6.92 Å². The topological polar surface area (TPSA) is 58.6 Å². The minimum absolute atomic E-state index is 0.0780. The molecule has 0 bridgehead atoms. The lowest BCUT2D eigenvalue weighted by Gasteiger charge is -2.34. The summed E-state index contributed by atoms with van der Waals surface area (Å²) in [6.07, 6.45) is -0.156. The van der Waals surface area contributed by atoms with Gasteiger partial charge in [0.25, 0.3) is 0 Å². The summed E-state index contributed by atoms with van der Waals surface area (Å²) >= 11 is 0. The minimum atomic E-state index is -3.46. The molecule has 1 heterocycles. The third kappa shape index (κ3) is 3.63. The summed E-state index contributed by atoms with van der Waals surface area (Å²) in [5.74, 6) is 0. The van der Waals surface area contributed by atoms with E-state index in [0.29, 0.717) is 24.5 Å². The van der Waals surface area contributed by atoms with Crippen LogP contribution in [-0.2, 0) is 21.3 Å². The maximum absolute atomic E-state index is 12.8. The van der Waals surface area contributed by atoms with E-state index in [1.165, 1.54) is 4.31 Å². The van der Waals surface area contributed by atoms with Crippen molar-refractivity contribution in [3.05, 3.63) is 29.3 Å². The van der Waals surface area contributed by atoms with E-state index in [1.54, 1.807) is 12.1 Å². The van der Waals surface area contributed by atoms with Crippen LogP contribution in [0.15, 0.2) is 23.1 Å². The fourth-order valence-electron chi connectivity index (χ4n) is 2.67. The van der Waals surface area contributed by atoms with Gasteiger partial charge in [-0.15, -0.1) is 0 Å². The molecule has 0 saturated carbocycles. The van der Waals surface area contributed by atoms with Crippen molar-refractivity contribution < 1.29 is 13.2 Å². The van der Waals surface area contributed by atoms with Gasteiger partial charge in [-0.05, 0) is 51.1 Å². The zero-order valence-corrected chi connectivity index (χ0v) is 13.9. The highest BCUT2D eigenvalue weighted by atomic mass is 32.2. The summed E-state index contributed by atoms with van der Waals surface area (Å²) in [5, 5.41) is 3.07. The predicted molar refractivity (Wildman–Crippen MR) is 82.7 cm³/mol. The Morgan fingerprint density at radius 2 is 1.90 bits per heavy atom. The molecular formula is C15H24N2O3S. The molecule has 1 aromatic carbocycles. The second kappa shape index (κ2) is 6.44. The lowest BCUT2D eigenvalue weighted by Crippen LogP contribution is -2.48. The monoisotopic (exact) mass is 312 g/mol. The SMILES string of the molecule is CNCc1cc(S(=O)(=O)N2C[C@@H](C)O[C@@H](C)C2)ccc1C. The average Bonchev–Trinajstić information content (AvgIpc) is 2.40. The van der Waals surface area contributed by atoms with E-state index in [1.807, 2.05) is 33.9 Å². The van der Waals surface area contributed by atoms with Gasteiger partial charge >= 0.3 is 0 Å². The van der Waals surface area contributed by atoms with Gasteiger partial charge in [0.15, 0.2) is 0 Å². The van der Waals surface area contributed by atoms with E-state index < -0.39 is 10.0 Å². The molecule has 2 atom stereocenters. The Hall–Kier alpha value is -0.950. The van der Waals surface area contributed by atoms with Crippen LogP contribution in [-0.4, -0.2) is 45.1 Å². The lowest BCUT2D eigenvalue weighted by atomic mass is 10.1. The molecule has 0 amide bonds. The third-order valence-corrected chi connectivity index (χ3v) is 5.54. The number of nitrogens with zero attached hydrogens (tertiary/aromatic N) is 1. The van der Waals surface area contributed by atoms with Gasteiger partial charge in [-0.2, -0.15) is 4.31 Å². The van der Waals surface area contributed by atoms with E-state index in [4.69, 9.17) is 4.74 Å². The zero-order chi connectivity index (χ0) is 15.6. The lowest BCUT2D eigenvalue weighted by molar-refractivity contribution is -0.0440. The van der Waals surface area contributed by atoms with Crippen LogP contribution >= 0.6 is 0 Å². The average molecular weight is 312 g/mol. The van der Waals surface area contributed by atoms with Crippen molar-refractivity contribution in [3.63, 3.8) is 0 Å². The van der Waals surface area contributed by atoms with Crippen LogP contribution < -0.4 is 5.32 Å². The first-order valence-corrected chi connectivity index (χ1v) is 8.68. The van der Waals surface area contributed by atoms with Gasteiger partial charge in [0.05, 0.1) is 17.1 Å². The molecule has 5 nitrogen and oxygen atoms in total.